The van der Waals surface area contributed by atoms with E-state index in [4.69, 9.17) is 0 Å². The zero-order valence-electron chi connectivity index (χ0n) is 20.6. The van der Waals surface area contributed by atoms with Crippen LogP contribution >= 0.6 is 0 Å². The third-order valence-corrected chi connectivity index (χ3v) is 7.55. The molecule has 0 fully saturated rings. The van der Waals surface area contributed by atoms with Gasteiger partial charge in [0.1, 0.15) is 0 Å². The van der Waals surface area contributed by atoms with Gasteiger partial charge in [0, 0.05) is 26.2 Å². The third-order valence-electron chi connectivity index (χ3n) is 7.55. The van der Waals surface area contributed by atoms with E-state index < -0.39 is 0 Å². The molecule has 2 aliphatic carbocycles. The number of fused-ring (bicyclic) bond motifs is 2. The van der Waals surface area contributed by atoms with E-state index in [0.29, 0.717) is 0 Å². The Morgan fingerprint density at radius 1 is 0.378 bits per heavy atom. The van der Waals surface area contributed by atoms with Crippen LogP contribution < -0.4 is 0 Å². The summed E-state index contributed by atoms with van der Waals surface area (Å²) in [5, 5.41) is 0. The Balaban J connectivity index is 0.00000252. The normalized spacial score (nSPS) is 13.3. The van der Waals surface area contributed by atoms with Crippen LogP contribution in [0.5, 0.6) is 0 Å². The molecule has 5 aromatic rings. The van der Waals surface area contributed by atoms with E-state index >= 15 is 0 Å². The van der Waals surface area contributed by atoms with Gasteiger partial charge in [0.2, 0.25) is 0 Å². The second-order valence-electron chi connectivity index (χ2n) is 9.80. The quantitative estimate of drug-likeness (QED) is 0.210. The Morgan fingerprint density at radius 3 is 1.22 bits per heavy atom. The minimum Gasteiger partial charge on any atom is -0.0622 e. The molecule has 0 nitrogen and oxygen atoms in total. The Hall–Kier alpha value is -3.54. The minimum atomic E-state index is 0. The van der Waals surface area contributed by atoms with Gasteiger partial charge in [-0.25, -0.2) is 0 Å². The summed E-state index contributed by atoms with van der Waals surface area (Å²) in [5.74, 6) is 0. The number of allylic oxidation sites excluding steroid dienone is 2. The first-order valence-electron chi connectivity index (χ1n) is 12.7. The van der Waals surface area contributed by atoms with Gasteiger partial charge in [-0.3, -0.25) is 0 Å². The first-order valence-corrected chi connectivity index (χ1v) is 12.7. The second-order valence-corrected chi connectivity index (χ2v) is 9.80. The molecule has 5 aromatic carbocycles. The molecule has 0 aromatic heterocycles. The van der Waals surface area contributed by atoms with Crippen LogP contribution in [0.3, 0.4) is 0 Å². The van der Waals surface area contributed by atoms with Crippen molar-refractivity contribution in [3.05, 3.63) is 155 Å². The predicted molar refractivity (Wildman–Crippen MR) is 153 cm³/mol. The smallest absolute Gasteiger partial charge is 0 e. The topological polar surface area (TPSA) is 0 Å². The van der Waals surface area contributed by atoms with Gasteiger partial charge >= 0.3 is 0 Å². The maximum absolute atomic E-state index is 2.40. The van der Waals surface area contributed by atoms with Crippen molar-refractivity contribution in [2.75, 3.05) is 0 Å². The van der Waals surface area contributed by atoms with E-state index in [1.54, 1.807) is 0 Å². The number of hydrogen-bond acceptors (Lipinski definition) is 0. The van der Waals surface area contributed by atoms with Gasteiger partial charge < -0.3 is 0 Å². The summed E-state index contributed by atoms with van der Waals surface area (Å²) in [6.45, 7) is 0. The maximum atomic E-state index is 2.40. The molecular formula is C36H26Zr. The van der Waals surface area contributed by atoms with Crippen molar-refractivity contribution in [1.29, 1.82) is 0 Å². The van der Waals surface area contributed by atoms with Gasteiger partial charge in [-0.1, -0.05) is 121 Å². The molecule has 37 heavy (non-hydrogen) atoms. The van der Waals surface area contributed by atoms with Crippen LogP contribution in [0.2, 0.25) is 0 Å². The predicted octanol–water partition coefficient (Wildman–Crippen LogP) is 9.21. The summed E-state index contributed by atoms with van der Waals surface area (Å²) >= 11 is 0. The fraction of sp³-hybridized carbons (Fsp3) is 0.0556. The molecule has 1 heteroatoms. The van der Waals surface area contributed by atoms with E-state index in [1.807, 2.05) is 0 Å². The molecule has 0 unspecified atom stereocenters. The molecule has 0 spiro atoms. The van der Waals surface area contributed by atoms with E-state index in [2.05, 4.69) is 133 Å². The standard InChI is InChI=1S/C36H26.Zr/c1-3-9-25(10-4-1)27-15-17-29-21-33(23-31(29)19-27)35-13-7-8-14-36(35)34-22-30-18-16-28(20-32(30)24-34)26-11-5-2-6-12-26;/h1-20,23-24H,21-22H2;. The van der Waals surface area contributed by atoms with Crippen molar-refractivity contribution in [3.63, 3.8) is 0 Å². The van der Waals surface area contributed by atoms with Gasteiger partial charge in [0.25, 0.3) is 0 Å². The largest absolute Gasteiger partial charge is 0.0622 e. The van der Waals surface area contributed by atoms with Crippen molar-refractivity contribution in [2.24, 2.45) is 0 Å². The van der Waals surface area contributed by atoms with E-state index in [9.17, 15) is 0 Å². The molecule has 0 atom stereocenters. The molecular weight excluding hydrogens is 524 g/mol. The maximum Gasteiger partial charge on any atom is 0 e. The average molecular weight is 550 g/mol. The van der Waals surface area contributed by atoms with Gasteiger partial charge in [-0.15, -0.1) is 0 Å². The molecule has 7 rings (SSSR count). The summed E-state index contributed by atoms with van der Waals surface area (Å²) in [5.41, 5.74) is 16.2. The second kappa shape index (κ2) is 10.1. The number of rotatable bonds is 4. The fourth-order valence-corrected chi connectivity index (χ4v) is 5.68. The van der Waals surface area contributed by atoms with Crippen molar-refractivity contribution >= 4 is 23.3 Å². The van der Waals surface area contributed by atoms with Gasteiger partial charge in [0.15, 0.2) is 0 Å². The van der Waals surface area contributed by atoms with Gasteiger partial charge in [-0.05, 0) is 91.8 Å². The van der Waals surface area contributed by atoms with Crippen LogP contribution in [-0.4, -0.2) is 0 Å². The van der Waals surface area contributed by atoms with E-state index in [-0.39, 0.29) is 26.2 Å². The summed E-state index contributed by atoms with van der Waals surface area (Å²) in [6, 6.07) is 44.1. The van der Waals surface area contributed by atoms with Crippen molar-refractivity contribution in [3.8, 4) is 22.3 Å². The van der Waals surface area contributed by atoms with Crippen molar-refractivity contribution < 1.29 is 26.2 Å². The summed E-state index contributed by atoms with van der Waals surface area (Å²) in [7, 11) is 0. The third kappa shape index (κ3) is 4.54. The van der Waals surface area contributed by atoms with Crippen molar-refractivity contribution in [2.45, 2.75) is 12.8 Å². The van der Waals surface area contributed by atoms with Crippen molar-refractivity contribution in [1.82, 2.24) is 0 Å². The minimum absolute atomic E-state index is 0. The van der Waals surface area contributed by atoms with Crippen LogP contribution in [0.4, 0.5) is 0 Å². The molecule has 174 valence electrons. The van der Waals surface area contributed by atoms with Crippen LogP contribution in [0, 0.1) is 0 Å². The molecule has 0 saturated heterocycles. The van der Waals surface area contributed by atoms with Crippen LogP contribution in [0.15, 0.2) is 121 Å². The summed E-state index contributed by atoms with van der Waals surface area (Å²) in [6.07, 6.45) is 6.77. The van der Waals surface area contributed by atoms with E-state index in [0.717, 1.165) is 12.8 Å². The molecule has 0 saturated carbocycles. The number of benzene rings is 5. The molecule has 2 aliphatic rings. The molecule has 0 N–H and O–H groups in total. The molecule has 0 bridgehead atoms. The first kappa shape index (κ1) is 23.8. The van der Waals surface area contributed by atoms with Gasteiger partial charge in [0.05, 0.1) is 0 Å². The SMILES string of the molecule is C1=C(c2ccccc2C2=Cc3cc(-c4ccccc4)ccc3C2)Cc2ccc(-c3ccccc3)cc21.[Zr]. The summed E-state index contributed by atoms with van der Waals surface area (Å²) < 4.78 is 0. The van der Waals surface area contributed by atoms with Crippen LogP contribution in [0.25, 0.3) is 45.6 Å². The monoisotopic (exact) mass is 548 g/mol. The zero-order valence-corrected chi connectivity index (χ0v) is 23.1. The van der Waals surface area contributed by atoms with E-state index in [1.165, 1.54) is 66.8 Å². The molecule has 0 heterocycles. The molecule has 0 aliphatic heterocycles. The Morgan fingerprint density at radius 2 is 0.784 bits per heavy atom. The summed E-state index contributed by atoms with van der Waals surface area (Å²) in [4.78, 5) is 0. The number of hydrogen-bond donors (Lipinski definition) is 0. The molecule has 0 amide bonds. The van der Waals surface area contributed by atoms with Crippen LogP contribution in [0.1, 0.15) is 33.4 Å². The molecule has 0 radical (unpaired) electrons. The Labute approximate surface area is 238 Å². The van der Waals surface area contributed by atoms with Crippen LogP contribution in [-0.2, 0) is 39.0 Å². The Bertz CT molecular complexity index is 1530. The zero-order chi connectivity index (χ0) is 23.9. The average Bonchev–Trinajstić information content (AvgIpc) is 3.57. The van der Waals surface area contributed by atoms with Gasteiger partial charge in [-0.2, -0.15) is 0 Å². The Kier molecular flexibility index (Phi) is 6.49. The first-order chi connectivity index (χ1) is 17.8. The fourth-order valence-electron chi connectivity index (χ4n) is 5.68.